The fourth-order valence-electron chi connectivity index (χ4n) is 3.75. The van der Waals surface area contributed by atoms with E-state index >= 15 is 0 Å². The highest BCUT2D eigenvalue weighted by atomic mass is 16.2. The Kier molecular flexibility index (Phi) is 10.6. The van der Waals surface area contributed by atoms with Crippen molar-refractivity contribution >= 4 is 23.2 Å². The van der Waals surface area contributed by atoms with Crippen molar-refractivity contribution in [1.29, 1.82) is 0 Å². The lowest BCUT2D eigenvalue weighted by Gasteiger charge is -2.36. The van der Waals surface area contributed by atoms with Gasteiger partial charge in [-0.05, 0) is 37.1 Å². The van der Waals surface area contributed by atoms with Crippen LogP contribution < -0.4 is 10.2 Å². The number of hydrogen-bond acceptors (Lipinski definition) is 3. The SMILES string of the molecule is CCCCCCCCC(=O)Nc1ccc(N2CCN(C(=O)CCCC)CC2)cc1. The van der Waals surface area contributed by atoms with Gasteiger partial charge < -0.3 is 15.1 Å². The summed E-state index contributed by atoms with van der Waals surface area (Å²) in [4.78, 5) is 28.6. The highest BCUT2D eigenvalue weighted by Crippen LogP contribution is 2.20. The van der Waals surface area contributed by atoms with Gasteiger partial charge in [-0.15, -0.1) is 0 Å². The summed E-state index contributed by atoms with van der Waals surface area (Å²) in [7, 11) is 0. The van der Waals surface area contributed by atoms with Gasteiger partial charge in [0, 0.05) is 50.4 Å². The lowest BCUT2D eigenvalue weighted by atomic mass is 10.1. The molecule has 0 aliphatic carbocycles. The van der Waals surface area contributed by atoms with Crippen LogP contribution in [0.15, 0.2) is 24.3 Å². The maximum atomic E-state index is 12.2. The Bertz CT molecular complexity index is 607. The topological polar surface area (TPSA) is 52.7 Å². The van der Waals surface area contributed by atoms with Crippen LogP contribution in [0.1, 0.15) is 78.1 Å². The Balaban J connectivity index is 1.69. The highest BCUT2D eigenvalue weighted by molar-refractivity contribution is 5.90. The number of nitrogens with zero attached hydrogens (tertiary/aromatic N) is 2. The van der Waals surface area contributed by atoms with Crippen LogP contribution in [0.5, 0.6) is 0 Å². The first kappa shape index (κ1) is 23.2. The fourth-order valence-corrected chi connectivity index (χ4v) is 3.75. The molecule has 1 aromatic rings. The molecule has 1 heterocycles. The van der Waals surface area contributed by atoms with Crippen molar-refractivity contribution in [3.8, 4) is 0 Å². The van der Waals surface area contributed by atoms with Crippen molar-refractivity contribution in [3.63, 3.8) is 0 Å². The van der Waals surface area contributed by atoms with Crippen molar-refractivity contribution in [2.75, 3.05) is 36.4 Å². The lowest BCUT2D eigenvalue weighted by Crippen LogP contribution is -2.48. The van der Waals surface area contributed by atoms with Crippen LogP contribution in [0.4, 0.5) is 11.4 Å². The maximum Gasteiger partial charge on any atom is 0.224 e. The quantitative estimate of drug-likeness (QED) is 0.489. The summed E-state index contributed by atoms with van der Waals surface area (Å²) in [6.07, 6.45) is 10.5. The molecular formula is C24H39N3O2. The number of carbonyl (C=O) groups is 2. The van der Waals surface area contributed by atoms with E-state index in [1.54, 1.807) is 0 Å². The van der Waals surface area contributed by atoms with E-state index in [0.29, 0.717) is 12.8 Å². The first-order chi connectivity index (χ1) is 14.1. The summed E-state index contributed by atoms with van der Waals surface area (Å²) < 4.78 is 0. The van der Waals surface area contributed by atoms with Gasteiger partial charge in [-0.3, -0.25) is 9.59 Å². The average Bonchev–Trinajstić information content (AvgIpc) is 2.75. The van der Waals surface area contributed by atoms with Crippen LogP contribution in [0.3, 0.4) is 0 Å². The van der Waals surface area contributed by atoms with Gasteiger partial charge >= 0.3 is 0 Å². The average molecular weight is 402 g/mol. The standard InChI is InChI=1S/C24H39N3O2/c1-3-5-7-8-9-10-11-23(28)25-21-13-15-22(16-14-21)26-17-19-27(20-18-26)24(29)12-6-4-2/h13-16H,3-12,17-20H2,1-2H3,(H,25,28). The first-order valence-corrected chi connectivity index (χ1v) is 11.6. The molecule has 2 rings (SSSR count). The highest BCUT2D eigenvalue weighted by Gasteiger charge is 2.20. The van der Waals surface area contributed by atoms with Crippen LogP contribution in [-0.4, -0.2) is 42.9 Å². The van der Waals surface area contributed by atoms with Gasteiger partial charge in [0.15, 0.2) is 0 Å². The number of rotatable bonds is 12. The van der Waals surface area contributed by atoms with E-state index in [2.05, 4.69) is 36.2 Å². The summed E-state index contributed by atoms with van der Waals surface area (Å²) in [5.74, 6) is 0.391. The predicted molar refractivity (Wildman–Crippen MR) is 121 cm³/mol. The summed E-state index contributed by atoms with van der Waals surface area (Å²) in [5, 5.41) is 3.01. The molecular weight excluding hydrogens is 362 g/mol. The van der Waals surface area contributed by atoms with Crippen LogP contribution in [0.25, 0.3) is 0 Å². The Morgan fingerprint density at radius 1 is 0.793 bits per heavy atom. The van der Waals surface area contributed by atoms with Crippen molar-refractivity contribution in [3.05, 3.63) is 24.3 Å². The summed E-state index contributed by atoms with van der Waals surface area (Å²) in [6.45, 7) is 7.64. The molecule has 162 valence electrons. The third kappa shape index (κ3) is 8.46. The van der Waals surface area contributed by atoms with Crippen LogP contribution in [0.2, 0.25) is 0 Å². The van der Waals surface area contributed by atoms with Gasteiger partial charge in [0.1, 0.15) is 0 Å². The Morgan fingerprint density at radius 3 is 2.07 bits per heavy atom. The molecule has 2 amide bonds. The van der Waals surface area contributed by atoms with Crippen LogP contribution in [0, 0.1) is 0 Å². The zero-order chi connectivity index (χ0) is 20.9. The molecule has 1 saturated heterocycles. The zero-order valence-corrected chi connectivity index (χ0v) is 18.4. The first-order valence-electron chi connectivity index (χ1n) is 11.6. The number of piperazine rings is 1. The van der Waals surface area contributed by atoms with E-state index in [0.717, 1.165) is 63.2 Å². The molecule has 0 atom stereocenters. The molecule has 5 nitrogen and oxygen atoms in total. The van der Waals surface area contributed by atoms with Crippen molar-refractivity contribution in [2.24, 2.45) is 0 Å². The van der Waals surface area contributed by atoms with Crippen molar-refractivity contribution < 1.29 is 9.59 Å². The number of benzene rings is 1. The molecule has 0 aromatic heterocycles. The predicted octanol–water partition coefficient (Wildman–Crippen LogP) is 5.21. The molecule has 1 fully saturated rings. The lowest BCUT2D eigenvalue weighted by molar-refractivity contribution is -0.131. The van der Waals surface area contributed by atoms with E-state index in [-0.39, 0.29) is 11.8 Å². The van der Waals surface area contributed by atoms with E-state index < -0.39 is 0 Å². The van der Waals surface area contributed by atoms with Gasteiger partial charge in [-0.2, -0.15) is 0 Å². The van der Waals surface area contributed by atoms with Crippen LogP contribution in [-0.2, 0) is 9.59 Å². The molecule has 0 unspecified atom stereocenters. The molecule has 0 radical (unpaired) electrons. The van der Waals surface area contributed by atoms with Gasteiger partial charge in [0.2, 0.25) is 11.8 Å². The third-order valence-corrected chi connectivity index (χ3v) is 5.65. The molecule has 5 heteroatoms. The van der Waals surface area contributed by atoms with E-state index in [1.807, 2.05) is 17.0 Å². The molecule has 1 N–H and O–H groups in total. The number of carbonyl (C=O) groups excluding carboxylic acids is 2. The number of nitrogens with one attached hydrogen (secondary N) is 1. The molecule has 1 aliphatic rings. The number of hydrogen-bond donors (Lipinski definition) is 1. The maximum absolute atomic E-state index is 12.2. The molecule has 29 heavy (non-hydrogen) atoms. The van der Waals surface area contributed by atoms with Gasteiger partial charge in [0.05, 0.1) is 0 Å². The van der Waals surface area contributed by atoms with E-state index in [4.69, 9.17) is 0 Å². The summed E-state index contributed by atoms with van der Waals surface area (Å²) in [6, 6.07) is 8.09. The molecule has 0 saturated carbocycles. The van der Waals surface area contributed by atoms with E-state index in [9.17, 15) is 9.59 Å². The summed E-state index contributed by atoms with van der Waals surface area (Å²) in [5.41, 5.74) is 2.01. The second-order valence-corrected chi connectivity index (χ2v) is 8.08. The third-order valence-electron chi connectivity index (χ3n) is 5.65. The smallest absolute Gasteiger partial charge is 0.224 e. The largest absolute Gasteiger partial charge is 0.368 e. The van der Waals surface area contributed by atoms with Gasteiger partial charge in [-0.1, -0.05) is 52.4 Å². The monoisotopic (exact) mass is 401 g/mol. The Morgan fingerprint density at radius 2 is 1.41 bits per heavy atom. The fraction of sp³-hybridized carbons (Fsp3) is 0.667. The normalized spacial score (nSPS) is 14.1. The van der Waals surface area contributed by atoms with Crippen molar-refractivity contribution in [1.82, 2.24) is 4.90 Å². The number of unbranched alkanes of at least 4 members (excludes halogenated alkanes) is 6. The molecule has 0 spiro atoms. The van der Waals surface area contributed by atoms with Gasteiger partial charge in [-0.25, -0.2) is 0 Å². The second-order valence-electron chi connectivity index (χ2n) is 8.08. The number of amides is 2. The molecule has 1 aromatic carbocycles. The minimum Gasteiger partial charge on any atom is -0.368 e. The minimum absolute atomic E-state index is 0.104. The summed E-state index contributed by atoms with van der Waals surface area (Å²) >= 11 is 0. The second kappa shape index (κ2) is 13.2. The van der Waals surface area contributed by atoms with Gasteiger partial charge in [0.25, 0.3) is 0 Å². The number of anilines is 2. The zero-order valence-electron chi connectivity index (χ0n) is 18.4. The minimum atomic E-state index is 0.104. The van der Waals surface area contributed by atoms with E-state index in [1.165, 1.54) is 25.7 Å². The van der Waals surface area contributed by atoms with Crippen LogP contribution >= 0.6 is 0 Å². The Labute approximate surface area is 176 Å². The van der Waals surface area contributed by atoms with Crippen molar-refractivity contribution in [2.45, 2.75) is 78.1 Å². The molecule has 1 aliphatic heterocycles. The Hall–Kier alpha value is -2.04. The molecule has 0 bridgehead atoms.